The highest BCUT2D eigenvalue weighted by molar-refractivity contribution is 5.86. The predicted molar refractivity (Wildman–Crippen MR) is 119 cm³/mol. The minimum atomic E-state index is 0.0212. The highest BCUT2D eigenvalue weighted by atomic mass is 16.5. The first-order valence-corrected chi connectivity index (χ1v) is 10.8. The van der Waals surface area contributed by atoms with Crippen LogP contribution in [0.4, 0.5) is 0 Å². The summed E-state index contributed by atoms with van der Waals surface area (Å²) in [5.74, 6) is 1.10. The van der Waals surface area contributed by atoms with Gasteiger partial charge in [-0.25, -0.2) is 0 Å². The Morgan fingerprint density at radius 3 is 2.74 bits per heavy atom. The van der Waals surface area contributed by atoms with E-state index in [0.29, 0.717) is 24.6 Å². The molecule has 0 N–H and O–H groups in total. The van der Waals surface area contributed by atoms with Crippen LogP contribution in [0.15, 0.2) is 24.4 Å². The summed E-state index contributed by atoms with van der Waals surface area (Å²) in [7, 11) is 3.85. The third-order valence-electron chi connectivity index (χ3n) is 6.27. The van der Waals surface area contributed by atoms with Gasteiger partial charge < -0.3 is 4.74 Å². The number of hydrogen-bond acceptors (Lipinski definition) is 5. The van der Waals surface area contributed by atoms with E-state index in [1.807, 2.05) is 35.7 Å². The Morgan fingerprint density at radius 2 is 1.97 bits per heavy atom. The predicted octanol–water partition coefficient (Wildman–Crippen LogP) is 3.93. The van der Waals surface area contributed by atoms with E-state index in [2.05, 4.69) is 41.2 Å². The number of aromatic nitrogens is 5. The lowest BCUT2D eigenvalue weighted by molar-refractivity contribution is -0.121. The summed E-state index contributed by atoms with van der Waals surface area (Å²) in [5, 5.41) is 11.3. The summed E-state index contributed by atoms with van der Waals surface area (Å²) in [5.41, 5.74) is 6.50. The van der Waals surface area contributed by atoms with E-state index in [-0.39, 0.29) is 12.4 Å². The number of hydrogen-bond donors (Lipinski definition) is 0. The van der Waals surface area contributed by atoms with E-state index in [9.17, 15) is 4.79 Å². The molecule has 1 aliphatic carbocycles. The fourth-order valence-electron chi connectivity index (χ4n) is 4.37. The average molecular weight is 418 g/mol. The summed E-state index contributed by atoms with van der Waals surface area (Å²) in [6.07, 6.45) is 5.38. The smallest absolute Gasteiger partial charge is 0.215 e. The zero-order chi connectivity index (χ0) is 21.7. The van der Waals surface area contributed by atoms with E-state index in [1.165, 1.54) is 24.0 Å². The van der Waals surface area contributed by atoms with Crippen LogP contribution in [0.25, 0.3) is 21.9 Å². The first kappa shape index (κ1) is 19.7. The van der Waals surface area contributed by atoms with Gasteiger partial charge in [0.2, 0.25) is 5.88 Å². The van der Waals surface area contributed by atoms with Crippen LogP contribution >= 0.6 is 0 Å². The number of rotatable bonds is 7. The molecule has 0 radical (unpaired) electrons. The number of ketones is 1. The molecule has 3 heterocycles. The van der Waals surface area contributed by atoms with Crippen LogP contribution in [0.2, 0.25) is 0 Å². The quantitative estimate of drug-likeness (QED) is 0.455. The minimum absolute atomic E-state index is 0.0212. The van der Waals surface area contributed by atoms with E-state index < -0.39 is 0 Å². The van der Waals surface area contributed by atoms with Crippen LogP contribution in [-0.4, -0.2) is 36.9 Å². The second-order valence-electron chi connectivity index (χ2n) is 8.65. The molecule has 0 spiro atoms. The van der Waals surface area contributed by atoms with Crippen molar-refractivity contribution in [3.63, 3.8) is 0 Å². The fraction of sp³-hybridized carbons (Fsp3) is 0.417. The molecule has 7 heteroatoms. The lowest BCUT2D eigenvalue weighted by Gasteiger charge is -2.09. The molecule has 1 saturated carbocycles. The molecular weight excluding hydrogens is 390 g/mol. The molecule has 1 aromatic carbocycles. The van der Waals surface area contributed by atoms with Gasteiger partial charge >= 0.3 is 0 Å². The molecule has 31 heavy (non-hydrogen) atoms. The fourth-order valence-corrected chi connectivity index (χ4v) is 4.37. The van der Waals surface area contributed by atoms with E-state index in [0.717, 1.165) is 33.2 Å². The molecule has 0 amide bonds. The second-order valence-corrected chi connectivity index (χ2v) is 8.65. The molecule has 4 aromatic rings. The van der Waals surface area contributed by atoms with Crippen molar-refractivity contribution in [2.75, 3.05) is 6.61 Å². The van der Waals surface area contributed by atoms with Gasteiger partial charge in [-0.1, -0.05) is 6.07 Å². The van der Waals surface area contributed by atoms with Crippen LogP contribution in [-0.2, 0) is 25.3 Å². The molecule has 0 aliphatic heterocycles. The molecule has 0 atom stereocenters. The maximum absolute atomic E-state index is 12.6. The average Bonchev–Trinajstić information content (AvgIpc) is 3.44. The number of carbonyl (C=O) groups is 1. The van der Waals surface area contributed by atoms with Crippen LogP contribution in [0, 0.1) is 13.8 Å². The van der Waals surface area contributed by atoms with E-state index in [1.54, 1.807) is 0 Å². The Bertz CT molecular complexity index is 1310. The van der Waals surface area contributed by atoms with Crippen molar-refractivity contribution >= 4 is 27.7 Å². The van der Waals surface area contributed by atoms with Crippen molar-refractivity contribution in [3.8, 4) is 5.88 Å². The minimum Gasteiger partial charge on any atom is -0.470 e. The first-order valence-electron chi connectivity index (χ1n) is 10.8. The molecule has 0 saturated heterocycles. The molecule has 0 unspecified atom stereocenters. The van der Waals surface area contributed by atoms with Gasteiger partial charge in [0.05, 0.1) is 17.4 Å². The van der Waals surface area contributed by atoms with Gasteiger partial charge in [-0.2, -0.15) is 15.2 Å². The van der Waals surface area contributed by atoms with Crippen molar-refractivity contribution in [1.29, 1.82) is 0 Å². The molecule has 1 aliphatic rings. The molecule has 7 nitrogen and oxygen atoms in total. The number of nitrogens with zero attached hydrogens (tertiary/aromatic N) is 5. The Morgan fingerprint density at radius 1 is 1.16 bits per heavy atom. The van der Waals surface area contributed by atoms with Crippen molar-refractivity contribution < 1.29 is 9.53 Å². The Balaban J connectivity index is 1.27. The number of pyridine rings is 1. The summed E-state index contributed by atoms with van der Waals surface area (Å²) >= 11 is 0. The SMILES string of the molecule is Cc1ccc2c(cnn2C)c1CCC(=O)COc1cc(C)c2c(C3CC3)nn(C)c2n1. The molecule has 3 aromatic heterocycles. The van der Waals surface area contributed by atoms with Gasteiger partial charge in [0.25, 0.3) is 0 Å². The van der Waals surface area contributed by atoms with Crippen LogP contribution < -0.4 is 4.74 Å². The molecule has 0 bridgehead atoms. The number of ether oxygens (including phenoxy) is 1. The third-order valence-corrected chi connectivity index (χ3v) is 6.27. The maximum Gasteiger partial charge on any atom is 0.215 e. The summed E-state index contributed by atoms with van der Waals surface area (Å²) < 4.78 is 9.47. The maximum atomic E-state index is 12.6. The lowest BCUT2D eigenvalue weighted by atomic mass is 9.99. The second kappa shape index (κ2) is 7.48. The van der Waals surface area contributed by atoms with Crippen molar-refractivity contribution in [1.82, 2.24) is 24.5 Å². The zero-order valence-electron chi connectivity index (χ0n) is 18.5. The van der Waals surface area contributed by atoms with Gasteiger partial charge in [0, 0.05) is 43.3 Å². The largest absolute Gasteiger partial charge is 0.470 e. The number of fused-ring (bicyclic) bond motifs is 2. The van der Waals surface area contributed by atoms with Gasteiger partial charge in [-0.05, 0) is 55.9 Å². The Hall–Kier alpha value is -3.22. The number of aryl methyl sites for hydroxylation is 5. The van der Waals surface area contributed by atoms with Gasteiger partial charge in [0.15, 0.2) is 11.4 Å². The monoisotopic (exact) mass is 417 g/mol. The first-order chi connectivity index (χ1) is 14.9. The van der Waals surface area contributed by atoms with Gasteiger partial charge in [-0.15, -0.1) is 0 Å². The van der Waals surface area contributed by atoms with Crippen LogP contribution in [0.3, 0.4) is 0 Å². The summed E-state index contributed by atoms with van der Waals surface area (Å²) in [4.78, 5) is 17.2. The Kier molecular flexibility index (Phi) is 4.76. The van der Waals surface area contributed by atoms with Crippen molar-refractivity contribution in [2.45, 2.75) is 45.4 Å². The molecule has 1 fully saturated rings. The standard InChI is InChI=1S/C24H27N5O2/c1-14-5-10-20-19(12-25-28(20)3)18(14)9-8-17(30)13-31-21-11-15(2)22-23(16-6-7-16)27-29(4)24(22)26-21/h5,10-12,16H,6-9,13H2,1-4H3. The van der Waals surface area contributed by atoms with Crippen LogP contribution in [0.1, 0.15) is 47.6 Å². The Labute approximate surface area is 181 Å². The third kappa shape index (κ3) is 3.58. The number of carbonyl (C=O) groups excluding carboxylic acids is 1. The normalized spacial score (nSPS) is 13.9. The molecule has 5 rings (SSSR count). The van der Waals surface area contributed by atoms with Gasteiger partial charge in [0.1, 0.15) is 6.61 Å². The molecular formula is C24H27N5O2. The number of benzene rings is 1. The summed E-state index contributed by atoms with van der Waals surface area (Å²) in [6.45, 7) is 4.16. The highest BCUT2D eigenvalue weighted by Crippen LogP contribution is 2.43. The van der Waals surface area contributed by atoms with E-state index in [4.69, 9.17) is 4.74 Å². The molecule has 160 valence electrons. The van der Waals surface area contributed by atoms with Crippen molar-refractivity contribution in [3.05, 3.63) is 46.8 Å². The zero-order valence-corrected chi connectivity index (χ0v) is 18.5. The van der Waals surface area contributed by atoms with Gasteiger partial charge in [-0.3, -0.25) is 14.2 Å². The van der Waals surface area contributed by atoms with E-state index >= 15 is 0 Å². The summed E-state index contributed by atoms with van der Waals surface area (Å²) in [6, 6.07) is 6.08. The van der Waals surface area contributed by atoms with Crippen molar-refractivity contribution in [2.24, 2.45) is 14.1 Å². The lowest BCUT2D eigenvalue weighted by Crippen LogP contribution is -2.13. The highest BCUT2D eigenvalue weighted by Gasteiger charge is 2.30. The topological polar surface area (TPSA) is 74.8 Å². The van der Waals surface area contributed by atoms with Crippen LogP contribution in [0.5, 0.6) is 5.88 Å². The number of Topliss-reactive ketones (excluding diaryl/α,β-unsaturated/α-hetero) is 1.